The molecule has 2 aliphatic heterocycles. The fraction of sp³-hybridized carbons (Fsp3) is 0.550. The molecule has 27 heavy (non-hydrogen) atoms. The molecule has 1 aliphatic carbocycles. The molecule has 2 atom stereocenters. The summed E-state index contributed by atoms with van der Waals surface area (Å²) in [4.78, 5) is 19.4. The Morgan fingerprint density at radius 3 is 2.33 bits per heavy atom. The second-order valence-electron chi connectivity index (χ2n) is 7.86. The van der Waals surface area contributed by atoms with Gasteiger partial charge in [0.2, 0.25) is 0 Å². The molecule has 144 valence electrons. The second kappa shape index (κ2) is 7.60. The van der Waals surface area contributed by atoms with Crippen LogP contribution in [0.25, 0.3) is 11.5 Å². The summed E-state index contributed by atoms with van der Waals surface area (Å²) in [5, 5.41) is 7.54. The van der Waals surface area contributed by atoms with E-state index in [9.17, 15) is 4.79 Å². The number of rotatable bonds is 3. The Balaban J connectivity index is 0.00000180. The maximum absolute atomic E-state index is 12.9. The number of likely N-dealkylation sites (tertiary alicyclic amines) is 1. The van der Waals surface area contributed by atoms with Crippen molar-refractivity contribution in [2.24, 2.45) is 11.8 Å². The van der Waals surface area contributed by atoms with Gasteiger partial charge in [0.25, 0.3) is 11.8 Å². The number of aromatic nitrogens is 2. The van der Waals surface area contributed by atoms with Crippen molar-refractivity contribution < 1.29 is 9.32 Å². The van der Waals surface area contributed by atoms with Crippen LogP contribution in [0.4, 0.5) is 0 Å². The molecule has 2 saturated heterocycles. The summed E-state index contributed by atoms with van der Waals surface area (Å²) in [6, 6.07) is 7.58. The number of benzene rings is 1. The van der Waals surface area contributed by atoms with Crippen molar-refractivity contribution in [1.82, 2.24) is 20.4 Å². The van der Waals surface area contributed by atoms with Crippen LogP contribution in [-0.2, 0) is 0 Å². The smallest absolute Gasteiger partial charge is 0.257 e. The number of fused-ring (bicyclic) bond motifs is 1. The summed E-state index contributed by atoms with van der Waals surface area (Å²) in [7, 11) is 0. The van der Waals surface area contributed by atoms with Crippen molar-refractivity contribution >= 4 is 18.3 Å². The molecule has 5 rings (SSSR count). The van der Waals surface area contributed by atoms with Crippen LogP contribution in [0.2, 0.25) is 0 Å². The van der Waals surface area contributed by atoms with E-state index in [1.54, 1.807) is 0 Å². The highest BCUT2D eigenvalue weighted by molar-refractivity contribution is 5.94. The van der Waals surface area contributed by atoms with Gasteiger partial charge in [-0.25, -0.2) is 0 Å². The van der Waals surface area contributed by atoms with Crippen LogP contribution in [0.1, 0.15) is 47.8 Å². The van der Waals surface area contributed by atoms with E-state index in [2.05, 4.69) is 15.5 Å². The Morgan fingerprint density at radius 1 is 1.04 bits per heavy atom. The van der Waals surface area contributed by atoms with Crippen molar-refractivity contribution in [2.75, 3.05) is 26.2 Å². The predicted molar refractivity (Wildman–Crippen MR) is 104 cm³/mol. The van der Waals surface area contributed by atoms with Gasteiger partial charge < -0.3 is 14.7 Å². The molecule has 0 spiro atoms. The molecule has 1 saturated carbocycles. The Morgan fingerprint density at radius 2 is 1.70 bits per heavy atom. The van der Waals surface area contributed by atoms with E-state index >= 15 is 0 Å². The quantitative estimate of drug-likeness (QED) is 0.874. The topological polar surface area (TPSA) is 71.3 Å². The van der Waals surface area contributed by atoms with Gasteiger partial charge in [0.05, 0.1) is 0 Å². The van der Waals surface area contributed by atoms with Crippen molar-refractivity contribution in [3.63, 3.8) is 0 Å². The molecule has 2 aromatic rings. The molecular weight excluding hydrogens is 364 g/mol. The van der Waals surface area contributed by atoms with Crippen LogP contribution in [0.5, 0.6) is 0 Å². The summed E-state index contributed by atoms with van der Waals surface area (Å²) in [5.41, 5.74) is 1.61. The summed E-state index contributed by atoms with van der Waals surface area (Å²) in [5.74, 6) is 3.42. The first-order chi connectivity index (χ1) is 12.8. The standard InChI is InChI=1S/C20H24N4O2.ClH/c25-20(24-9-7-16-11-21-12-17(16)8-10-24)15-5-3-14(4-6-15)19-22-18(23-26-19)13-1-2-13;/h3-6,13,16-17,21H,1-2,7-12H2;1H/t16-,17+;. The number of amides is 1. The third kappa shape index (κ3) is 3.73. The molecule has 1 aromatic carbocycles. The van der Waals surface area contributed by atoms with Crippen LogP contribution in [-0.4, -0.2) is 47.1 Å². The first kappa shape index (κ1) is 18.4. The third-order valence-electron chi connectivity index (χ3n) is 6.07. The molecular formula is C20H25ClN4O2. The van der Waals surface area contributed by atoms with Crippen LogP contribution >= 0.6 is 12.4 Å². The van der Waals surface area contributed by atoms with E-state index in [4.69, 9.17) is 4.52 Å². The number of carbonyl (C=O) groups is 1. The minimum absolute atomic E-state index is 0. The fourth-order valence-electron chi connectivity index (χ4n) is 4.22. The Bertz CT molecular complexity index is 789. The summed E-state index contributed by atoms with van der Waals surface area (Å²) < 4.78 is 5.37. The average Bonchev–Trinajstić information content (AvgIpc) is 3.30. The molecule has 1 amide bonds. The second-order valence-corrected chi connectivity index (χ2v) is 7.86. The van der Waals surface area contributed by atoms with Crippen LogP contribution < -0.4 is 5.32 Å². The van der Waals surface area contributed by atoms with Crippen LogP contribution in [0.15, 0.2) is 28.8 Å². The number of hydrogen-bond donors (Lipinski definition) is 1. The zero-order valence-electron chi connectivity index (χ0n) is 15.3. The number of nitrogens with one attached hydrogen (secondary N) is 1. The molecule has 3 aliphatic rings. The zero-order valence-corrected chi connectivity index (χ0v) is 16.1. The van der Waals surface area contributed by atoms with Crippen molar-refractivity contribution in [1.29, 1.82) is 0 Å². The number of nitrogens with zero attached hydrogens (tertiary/aromatic N) is 3. The van der Waals surface area contributed by atoms with E-state index < -0.39 is 0 Å². The van der Waals surface area contributed by atoms with Crippen molar-refractivity contribution in [3.05, 3.63) is 35.7 Å². The molecule has 0 unspecified atom stereocenters. The summed E-state index contributed by atoms with van der Waals surface area (Å²) in [6.45, 7) is 3.93. The maximum Gasteiger partial charge on any atom is 0.257 e. The number of hydrogen-bond acceptors (Lipinski definition) is 5. The molecule has 6 nitrogen and oxygen atoms in total. The third-order valence-corrected chi connectivity index (χ3v) is 6.07. The van der Waals surface area contributed by atoms with Gasteiger partial charge in [-0.2, -0.15) is 4.98 Å². The lowest BCUT2D eigenvalue weighted by Gasteiger charge is -2.21. The molecule has 7 heteroatoms. The van der Waals surface area contributed by atoms with Crippen molar-refractivity contribution in [2.45, 2.75) is 31.6 Å². The zero-order chi connectivity index (χ0) is 17.5. The van der Waals surface area contributed by atoms with Crippen molar-refractivity contribution in [3.8, 4) is 11.5 Å². The monoisotopic (exact) mass is 388 g/mol. The van der Waals surface area contributed by atoms with E-state index in [0.717, 1.165) is 80.6 Å². The van der Waals surface area contributed by atoms with E-state index in [0.29, 0.717) is 11.8 Å². The summed E-state index contributed by atoms with van der Waals surface area (Å²) in [6.07, 6.45) is 4.51. The normalized spacial score (nSPS) is 24.8. The SMILES string of the molecule is Cl.O=C(c1ccc(-c2nc(C3CC3)no2)cc1)N1CC[C@@H]2CNC[C@@H]2CC1. The predicted octanol–water partition coefficient (Wildman–Crippen LogP) is 3.11. The minimum Gasteiger partial charge on any atom is -0.339 e. The molecule has 0 bridgehead atoms. The first-order valence-electron chi connectivity index (χ1n) is 9.72. The van der Waals surface area contributed by atoms with Gasteiger partial charge in [-0.1, -0.05) is 5.16 Å². The molecule has 1 N–H and O–H groups in total. The lowest BCUT2D eigenvalue weighted by Crippen LogP contribution is -2.32. The Hall–Kier alpha value is -1.92. The van der Waals surface area contributed by atoms with Gasteiger partial charge in [-0.3, -0.25) is 4.79 Å². The van der Waals surface area contributed by atoms with Gasteiger partial charge in [0.15, 0.2) is 5.82 Å². The highest BCUT2D eigenvalue weighted by Gasteiger charge is 2.32. The van der Waals surface area contributed by atoms with Gasteiger partial charge in [-0.15, -0.1) is 12.4 Å². The maximum atomic E-state index is 12.9. The van der Waals surface area contributed by atoms with Crippen LogP contribution in [0, 0.1) is 11.8 Å². The lowest BCUT2D eigenvalue weighted by atomic mass is 9.92. The van der Waals surface area contributed by atoms with Gasteiger partial charge in [-0.05, 0) is 74.9 Å². The Kier molecular flexibility index (Phi) is 5.19. The van der Waals surface area contributed by atoms with E-state index in [1.165, 1.54) is 0 Å². The summed E-state index contributed by atoms with van der Waals surface area (Å²) >= 11 is 0. The van der Waals surface area contributed by atoms with Crippen LogP contribution in [0.3, 0.4) is 0 Å². The minimum atomic E-state index is 0. The lowest BCUT2D eigenvalue weighted by molar-refractivity contribution is 0.0758. The molecule has 3 heterocycles. The average molecular weight is 389 g/mol. The molecule has 1 aromatic heterocycles. The largest absolute Gasteiger partial charge is 0.339 e. The molecule has 0 radical (unpaired) electrons. The van der Waals surface area contributed by atoms with Gasteiger partial charge in [0.1, 0.15) is 0 Å². The molecule has 3 fully saturated rings. The number of carbonyl (C=O) groups excluding carboxylic acids is 1. The number of halogens is 1. The van der Waals surface area contributed by atoms with Gasteiger partial charge in [0, 0.05) is 30.1 Å². The van der Waals surface area contributed by atoms with E-state index in [1.807, 2.05) is 29.2 Å². The highest BCUT2D eigenvalue weighted by atomic mass is 35.5. The Labute approximate surface area is 165 Å². The highest BCUT2D eigenvalue weighted by Crippen LogP contribution is 2.38. The first-order valence-corrected chi connectivity index (χ1v) is 9.72. The fourth-order valence-corrected chi connectivity index (χ4v) is 4.22. The van der Waals surface area contributed by atoms with Gasteiger partial charge >= 0.3 is 0 Å². The van der Waals surface area contributed by atoms with E-state index in [-0.39, 0.29) is 18.3 Å².